The molecule has 0 bridgehead atoms. The fraction of sp³-hybridized carbons (Fsp3) is 0.429. The van der Waals surface area contributed by atoms with Gasteiger partial charge in [0.2, 0.25) is 0 Å². The molecular formula is C21H26O6S. The van der Waals surface area contributed by atoms with Gasteiger partial charge >= 0.3 is 0 Å². The Kier molecular flexibility index (Phi) is 7.11. The Bertz CT molecular complexity index is 779. The van der Waals surface area contributed by atoms with E-state index in [1.54, 1.807) is 17.8 Å². The summed E-state index contributed by atoms with van der Waals surface area (Å²) in [6, 6.07) is 13.7. The van der Waals surface area contributed by atoms with E-state index in [0.717, 1.165) is 11.1 Å². The molecule has 6 nitrogen and oxygen atoms in total. The fourth-order valence-electron chi connectivity index (χ4n) is 3.50. The molecule has 0 aromatic heterocycles. The van der Waals surface area contributed by atoms with E-state index >= 15 is 0 Å². The van der Waals surface area contributed by atoms with Gasteiger partial charge in [-0.05, 0) is 47.1 Å². The predicted octanol–water partition coefficient (Wildman–Crippen LogP) is 1.01. The lowest BCUT2D eigenvalue weighted by molar-refractivity contribution is -0.232. The minimum atomic E-state index is -1.45. The van der Waals surface area contributed by atoms with Crippen LogP contribution >= 0.6 is 11.8 Å². The average molecular weight is 407 g/mol. The van der Waals surface area contributed by atoms with Gasteiger partial charge in [-0.2, -0.15) is 0 Å². The second-order valence-electron chi connectivity index (χ2n) is 6.97. The summed E-state index contributed by atoms with van der Waals surface area (Å²) < 4.78 is 5.67. The number of rotatable bonds is 6. The average Bonchev–Trinajstić information content (AvgIpc) is 2.73. The SMILES string of the molecule is CSc1ccc(Cc2ccc(CO)c([C@@H]3O[C@H](CO)[C@@H](O)[C@H](O)[C@H]3O)c2)cc1. The highest BCUT2D eigenvalue weighted by Gasteiger charge is 2.44. The van der Waals surface area contributed by atoms with E-state index in [1.807, 2.05) is 18.4 Å². The van der Waals surface area contributed by atoms with Gasteiger partial charge in [-0.25, -0.2) is 0 Å². The molecule has 0 unspecified atom stereocenters. The Morgan fingerprint density at radius 1 is 0.893 bits per heavy atom. The number of aliphatic hydroxyl groups excluding tert-OH is 5. The van der Waals surface area contributed by atoms with Crippen molar-refractivity contribution < 1.29 is 30.3 Å². The molecule has 0 saturated carbocycles. The molecule has 3 rings (SSSR count). The number of ether oxygens (including phenoxy) is 1. The molecule has 5 atom stereocenters. The van der Waals surface area contributed by atoms with Gasteiger partial charge in [0.15, 0.2) is 0 Å². The van der Waals surface area contributed by atoms with Gasteiger partial charge in [-0.3, -0.25) is 0 Å². The van der Waals surface area contributed by atoms with Crippen molar-refractivity contribution in [3.8, 4) is 0 Å². The first-order chi connectivity index (χ1) is 13.5. The van der Waals surface area contributed by atoms with Gasteiger partial charge in [0.25, 0.3) is 0 Å². The molecule has 0 radical (unpaired) electrons. The zero-order valence-corrected chi connectivity index (χ0v) is 16.4. The maximum atomic E-state index is 10.4. The lowest BCUT2D eigenvalue weighted by Gasteiger charge is -2.40. The standard InChI is InChI=1S/C21H26O6S/c1-28-15-6-3-12(4-7-15)8-13-2-5-14(10-22)16(9-13)21-20(26)19(25)18(24)17(11-23)27-21/h2-7,9,17-26H,8,10-11H2,1H3/t17-,18-,19+,20-,21+/m1/s1. The Labute approximate surface area is 168 Å². The molecule has 0 aliphatic carbocycles. The molecule has 1 aliphatic heterocycles. The van der Waals surface area contributed by atoms with E-state index in [9.17, 15) is 25.5 Å². The second kappa shape index (κ2) is 9.37. The van der Waals surface area contributed by atoms with Gasteiger partial charge in [0.1, 0.15) is 30.5 Å². The normalized spacial score (nSPS) is 27.7. The van der Waals surface area contributed by atoms with Crippen LogP contribution in [0.5, 0.6) is 0 Å². The van der Waals surface area contributed by atoms with E-state index in [4.69, 9.17) is 4.74 Å². The number of aliphatic hydroxyl groups is 5. The van der Waals surface area contributed by atoms with E-state index in [0.29, 0.717) is 17.5 Å². The van der Waals surface area contributed by atoms with Crippen molar-refractivity contribution in [3.05, 3.63) is 64.7 Å². The summed E-state index contributed by atoms with van der Waals surface area (Å²) in [5.74, 6) is 0. The van der Waals surface area contributed by atoms with Gasteiger partial charge < -0.3 is 30.3 Å². The lowest BCUT2D eigenvalue weighted by atomic mass is 9.88. The van der Waals surface area contributed by atoms with E-state index < -0.39 is 37.1 Å². The molecule has 5 N–H and O–H groups in total. The summed E-state index contributed by atoms with van der Waals surface area (Å²) in [4.78, 5) is 1.18. The first-order valence-electron chi connectivity index (χ1n) is 9.14. The van der Waals surface area contributed by atoms with Crippen LogP contribution in [0.25, 0.3) is 0 Å². The second-order valence-corrected chi connectivity index (χ2v) is 7.85. The van der Waals surface area contributed by atoms with Gasteiger partial charge in [-0.15, -0.1) is 11.8 Å². The first kappa shape index (κ1) is 21.3. The quantitative estimate of drug-likeness (QED) is 0.455. The highest BCUT2D eigenvalue weighted by Crippen LogP contribution is 2.35. The van der Waals surface area contributed by atoms with Crippen molar-refractivity contribution in [2.75, 3.05) is 12.9 Å². The summed E-state index contributed by atoms with van der Waals surface area (Å²) >= 11 is 1.68. The van der Waals surface area contributed by atoms with E-state index in [1.165, 1.54) is 4.90 Å². The van der Waals surface area contributed by atoms with Crippen molar-refractivity contribution >= 4 is 11.8 Å². The molecular weight excluding hydrogens is 380 g/mol. The molecule has 1 heterocycles. The molecule has 1 aliphatic rings. The fourth-order valence-corrected chi connectivity index (χ4v) is 3.91. The molecule has 152 valence electrons. The minimum Gasteiger partial charge on any atom is -0.394 e. The van der Waals surface area contributed by atoms with E-state index in [2.05, 4.69) is 24.3 Å². The van der Waals surface area contributed by atoms with Gasteiger partial charge in [-0.1, -0.05) is 30.3 Å². The van der Waals surface area contributed by atoms with Crippen LogP contribution in [0, 0.1) is 0 Å². The first-order valence-corrected chi connectivity index (χ1v) is 10.4. The summed E-state index contributed by atoms with van der Waals surface area (Å²) in [5, 5.41) is 49.7. The van der Waals surface area contributed by atoms with Gasteiger partial charge in [0, 0.05) is 4.90 Å². The molecule has 1 saturated heterocycles. The molecule has 2 aromatic rings. The van der Waals surface area contributed by atoms with Crippen molar-refractivity contribution in [2.45, 2.75) is 48.4 Å². The minimum absolute atomic E-state index is 0.257. The van der Waals surface area contributed by atoms with Crippen molar-refractivity contribution in [3.63, 3.8) is 0 Å². The van der Waals surface area contributed by atoms with Crippen LogP contribution in [0.1, 0.15) is 28.4 Å². The third-order valence-corrected chi connectivity index (χ3v) is 5.89. The summed E-state index contributed by atoms with van der Waals surface area (Å²) in [6.07, 6.45) is -3.51. The molecule has 1 fully saturated rings. The third kappa shape index (κ3) is 4.41. The summed E-state index contributed by atoms with van der Waals surface area (Å²) in [6.45, 7) is -0.746. The van der Waals surface area contributed by atoms with Crippen LogP contribution in [-0.4, -0.2) is 62.8 Å². The van der Waals surface area contributed by atoms with Crippen molar-refractivity contribution in [1.29, 1.82) is 0 Å². The maximum absolute atomic E-state index is 10.4. The van der Waals surface area contributed by atoms with Crippen LogP contribution in [0.2, 0.25) is 0 Å². The molecule has 0 amide bonds. The third-order valence-electron chi connectivity index (χ3n) is 5.15. The Hall–Kier alpha value is -1.45. The lowest BCUT2D eigenvalue weighted by Crippen LogP contribution is -2.55. The topological polar surface area (TPSA) is 110 Å². The largest absolute Gasteiger partial charge is 0.394 e. The Balaban J connectivity index is 1.89. The van der Waals surface area contributed by atoms with Crippen LogP contribution in [-0.2, 0) is 17.8 Å². The van der Waals surface area contributed by atoms with E-state index in [-0.39, 0.29) is 6.61 Å². The Morgan fingerprint density at radius 3 is 2.18 bits per heavy atom. The number of hydrogen-bond acceptors (Lipinski definition) is 7. The highest BCUT2D eigenvalue weighted by molar-refractivity contribution is 7.98. The zero-order valence-electron chi connectivity index (χ0n) is 15.6. The zero-order chi connectivity index (χ0) is 20.3. The molecule has 2 aromatic carbocycles. The van der Waals surface area contributed by atoms with Crippen LogP contribution in [0.3, 0.4) is 0 Å². The number of thioether (sulfide) groups is 1. The monoisotopic (exact) mass is 406 g/mol. The van der Waals surface area contributed by atoms with Crippen LogP contribution < -0.4 is 0 Å². The number of benzene rings is 2. The van der Waals surface area contributed by atoms with Crippen LogP contribution in [0.15, 0.2) is 47.4 Å². The smallest absolute Gasteiger partial charge is 0.113 e. The summed E-state index contributed by atoms with van der Waals surface area (Å²) in [5.41, 5.74) is 3.18. The molecule has 0 spiro atoms. The molecule has 7 heteroatoms. The van der Waals surface area contributed by atoms with Crippen molar-refractivity contribution in [1.82, 2.24) is 0 Å². The highest BCUT2D eigenvalue weighted by atomic mass is 32.2. The van der Waals surface area contributed by atoms with Crippen molar-refractivity contribution in [2.24, 2.45) is 0 Å². The summed E-state index contributed by atoms with van der Waals surface area (Å²) in [7, 11) is 0. The Morgan fingerprint density at radius 2 is 1.57 bits per heavy atom. The molecule has 28 heavy (non-hydrogen) atoms. The number of hydrogen-bond donors (Lipinski definition) is 5. The predicted molar refractivity (Wildman–Crippen MR) is 106 cm³/mol. The van der Waals surface area contributed by atoms with Gasteiger partial charge in [0.05, 0.1) is 13.2 Å². The van der Waals surface area contributed by atoms with Crippen LogP contribution in [0.4, 0.5) is 0 Å². The maximum Gasteiger partial charge on any atom is 0.113 e.